The molecule has 0 spiro atoms. The van der Waals surface area contributed by atoms with Gasteiger partial charge in [-0.25, -0.2) is 0 Å². The van der Waals surface area contributed by atoms with Crippen molar-refractivity contribution in [3.05, 3.63) is 99.1 Å². The molecule has 1 heterocycles. The fourth-order valence-electron chi connectivity index (χ4n) is 4.45. The van der Waals surface area contributed by atoms with Gasteiger partial charge in [0.1, 0.15) is 18.3 Å². The number of benzene rings is 3. The summed E-state index contributed by atoms with van der Waals surface area (Å²) >= 11 is 0. The number of alkyl halides is 3. The van der Waals surface area contributed by atoms with Crippen LogP contribution in [0.15, 0.2) is 66.7 Å². The number of nitrogens with one attached hydrogen (secondary N) is 2. The summed E-state index contributed by atoms with van der Waals surface area (Å²) in [6, 6.07) is 12.9. The molecule has 1 unspecified atom stereocenters. The summed E-state index contributed by atoms with van der Waals surface area (Å²) in [5.74, 6) is -2.19. The average molecular weight is 601 g/mol. The number of carbonyl (C=O) groups excluding carboxylic acids is 3. The van der Waals surface area contributed by atoms with Crippen molar-refractivity contribution in [1.29, 1.82) is 0 Å². The molecule has 3 aromatic rings. The molecule has 0 aliphatic carbocycles. The van der Waals surface area contributed by atoms with Gasteiger partial charge in [-0.3, -0.25) is 24.5 Å². The molecule has 14 heteroatoms. The standard InChI is InChI=1S/C29H27F3N4O7/c1-42-11-10-33-27(38)23-14-18-4-3-7-22(13-18)43-25-15-20(8-9-24(25)36(40)41)28(39)35(17-26(37)34-23)16-19-5-2-6-21(12-19)29(30,31)32/h2-9,12-13,15,23H,10-11,14,16-17H2,1H3,(H,33,38)(H,34,37). The minimum absolute atomic E-state index is 0.00847. The third-order valence-corrected chi connectivity index (χ3v) is 6.48. The van der Waals surface area contributed by atoms with E-state index in [-0.39, 0.29) is 42.2 Å². The molecular formula is C29H27F3N4O7. The van der Waals surface area contributed by atoms with Crippen molar-refractivity contribution in [1.82, 2.24) is 15.5 Å². The minimum Gasteiger partial charge on any atom is -0.450 e. The van der Waals surface area contributed by atoms with Crippen LogP contribution in [0.25, 0.3) is 0 Å². The van der Waals surface area contributed by atoms with E-state index in [0.717, 1.165) is 29.2 Å². The normalized spacial score (nSPS) is 15.6. The number of halogens is 3. The first-order valence-corrected chi connectivity index (χ1v) is 13.0. The molecule has 3 amide bonds. The fraction of sp³-hybridized carbons (Fsp3) is 0.276. The van der Waals surface area contributed by atoms with E-state index in [9.17, 15) is 37.7 Å². The highest BCUT2D eigenvalue weighted by Gasteiger charge is 2.31. The lowest BCUT2D eigenvalue weighted by Crippen LogP contribution is -2.51. The lowest BCUT2D eigenvalue weighted by atomic mass is 10.0. The summed E-state index contributed by atoms with van der Waals surface area (Å²) in [6.45, 7) is -0.675. The molecule has 3 aromatic carbocycles. The average Bonchev–Trinajstić information content (AvgIpc) is 2.95. The number of nitrogens with zero attached hydrogens (tertiary/aromatic N) is 2. The highest BCUT2D eigenvalue weighted by atomic mass is 19.4. The van der Waals surface area contributed by atoms with Crippen molar-refractivity contribution in [2.24, 2.45) is 0 Å². The predicted octanol–water partition coefficient (Wildman–Crippen LogP) is 3.85. The number of carbonyl (C=O) groups is 3. The van der Waals surface area contributed by atoms with Crippen LogP contribution in [-0.2, 0) is 33.5 Å². The topological polar surface area (TPSA) is 140 Å². The molecule has 4 bridgehead atoms. The van der Waals surface area contributed by atoms with Crippen molar-refractivity contribution < 1.29 is 42.0 Å². The van der Waals surface area contributed by atoms with Crippen molar-refractivity contribution in [3.8, 4) is 11.5 Å². The van der Waals surface area contributed by atoms with Crippen molar-refractivity contribution in [3.63, 3.8) is 0 Å². The van der Waals surface area contributed by atoms with E-state index in [1.165, 1.54) is 31.4 Å². The zero-order valence-corrected chi connectivity index (χ0v) is 22.8. The molecule has 2 N–H and O–H groups in total. The number of ether oxygens (including phenoxy) is 2. The van der Waals surface area contributed by atoms with Gasteiger partial charge in [0.05, 0.1) is 17.1 Å². The number of rotatable bonds is 7. The van der Waals surface area contributed by atoms with Gasteiger partial charge < -0.3 is 25.0 Å². The van der Waals surface area contributed by atoms with Crippen LogP contribution in [0.5, 0.6) is 11.5 Å². The molecule has 1 aliphatic heterocycles. The first-order valence-electron chi connectivity index (χ1n) is 13.0. The van der Waals surface area contributed by atoms with Crippen LogP contribution in [0.1, 0.15) is 27.0 Å². The Balaban J connectivity index is 1.76. The molecule has 43 heavy (non-hydrogen) atoms. The van der Waals surface area contributed by atoms with Crippen LogP contribution in [0, 0.1) is 10.1 Å². The zero-order chi connectivity index (χ0) is 31.1. The summed E-state index contributed by atoms with van der Waals surface area (Å²) in [6.07, 6.45) is -4.65. The smallest absolute Gasteiger partial charge is 0.416 e. The van der Waals surface area contributed by atoms with Crippen molar-refractivity contribution in [2.75, 3.05) is 26.8 Å². The molecule has 0 radical (unpaired) electrons. The molecular weight excluding hydrogens is 573 g/mol. The molecule has 11 nitrogen and oxygen atoms in total. The Labute approximate surface area is 243 Å². The van der Waals surface area contributed by atoms with Crippen LogP contribution in [0.4, 0.5) is 18.9 Å². The summed E-state index contributed by atoms with van der Waals surface area (Å²) in [5.41, 5.74) is -0.852. The van der Waals surface area contributed by atoms with Gasteiger partial charge in [0.25, 0.3) is 5.91 Å². The number of hydrogen-bond donors (Lipinski definition) is 2. The van der Waals surface area contributed by atoms with Crippen LogP contribution in [0.3, 0.4) is 0 Å². The van der Waals surface area contributed by atoms with Crippen LogP contribution in [-0.4, -0.2) is 60.4 Å². The second kappa shape index (κ2) is 13.3. The molecule has 0 fully saturated rings. The van der Waals surface area contributed by atoms with Crippen molar-refractivity contribution in [2.45, 2.75) is 25.2 Å². The minimum atomic E-state index is -4.64. The van der Waals surface area contributed by atoms with Crippen LogP contribution < -0.4 is 15.4 Å². The molecule has 226 valence electrons. The Kier molecular flexibility index (Phi) is 9.60. The molecule has 0 saturated carbocycles. The third-order valence-electron chi connectivity index (χ3n) is 6.48. The lowest BCUT2D eigenvalue weighted by molar-refractivity contribution is -0.385. The lowest BCUT2D eigenvalue weighted by Gasteiger charge is -2.25. The number of methoxy groups -OCH3 is 1. The Hall–Kier alpha value is -4.98. The Bertz CT molecular complexity index is 1530. The highest BCUT2D eigenvalue weighted by molar-refractivity contribution is 5.98. The van der Waals surface area contributed by atoms with Gasteiger partial charge >= 0.3 is 11.9 Å². The zero-order valence-electron chi connectivity index (χ0n) is 22.8. The fourth-order valence-corrected chi connectivity index (χ4v) is 4.45. The van der Waals surface area contributed by atoms with E-state index < -0.39 is 59.2 Å². The quantitative estimate of drug-likeness (QED) is 0.239. The highest BCUT2D eigenvalue weighted by Crippen LogP contribution is 2.34. The van der Waals surface area contributed by atoms with Crippen molar-refractivity contribution >= 4 is 23.4 Å². The van der Waals surface area contributed by atoms with E-state index in [0.29, 0.717) is 5.56 Å². The predicted molar refractivity (Wildman–Crippen MR) is 146 cm³/mol. The maximum atomic E-state index is 13.7. The summed E-state index contributed by atoms with van der Waals surface area (Å²) < 4.78 is 50.8. The Morgan fingerprint density at radius 1 is 1.14 bits per heavy atom. The SMILES string of the molecule is COCCNC(=O)C1Cc2cccc(c2)Oc2cc(ccc2[N+](=O)[O-])C(=O)N(Cc2cccc(C(F)(F)F)c2)CC(=O)N1. The van der Waals surface area contributed by atoms with Gasteiger partial charge in [-0.15, -0.1) is 0 Å². The van der Waals surface area contributed by atoms with Gasteiger partial charge in [0, 0.05) is 44.3 Å². The number of nitro groups is 1. The summed E-state index contributed by atoms with van der Waals surface area (Å²) in [4.78, 5) is 51.9. The first-order chi connectivity index (χ1) is 20.4. The van der Waals surface area contributed by atoms with Gasteiger partial charge in [-0.05, 0) is 41.5 Å². The molecule has 0 saturated heterocycles. The van der Waals surface area contributed by atoms with E-state index in [4.69, 9.17) is 9.47 Å². The Morgan fingerprint density at radius 2 is 1.91 bits per heavy atom. The van der Waals surface area contributed by atoms with E-state index in [1.807, 2.05) is 0 Å². The van der Waals surface area contributed by atoms with Gasteiger partial charge in [-0.1, -0.05) is 24.3 Å². The van der Waals surface area contributed by atoms with Gasteiger partial charge in [0.2, 0.25) is 17.6 Å². The largest absolute Gasteiger partial charge is 0.450 e. The number of amides is 3. The molecule has 1 atom stereocenters. The third kappa shape index (κ3) is 8.07. The van der Waals surface area contributed by atoms with Crippen LogP contribution in [0.2, 0.25) is 0 Å². The van der Waals surface area contributed by atoms with E-state index in [2.05, 4.69) is 10.6 Å². The Morgan fingerprint density at radius 3 is 2.63 bits per heavy atom. The van der Waals surface area contributed by atoms with Crippen LogP contribution >= 0.6 is 0 Å². The van der Waals surface area contributed by atoms with Gasteiger partial charge in [-0.2, -0.15) is 13.2 Å². The number of fused-ring (bicyclic) bond motifs is 4. The second-order valence-electron chi connectivity index (χ2n) is 9.66. The van der Waals surface area contributed by atoms with Gasteiger partial charge in [0.15, 0.2) is 0 Å². The van der Waals surface area contributed by atoms with E-state index >= 15 is 0 Å². The first kappa shape index (κ1) is 31.0. The second-order valence-corrected chi connectivity index (χ2v) is 9.66. The number of hydrogen-bond acceptors (Lipinski definition) is 7. The maximum Gasteiger partial charge on any atom is 0.416 e. The molecule has 1 aliphatic rings. The molecule has 4 rings (SSSR count). The van der Waals surface area contributed by atoms with E-state index in [1.54, 1.807) is 18.2 Å². The summed E-state index contributed by atoms with van der Waals surface area (Å²) in [7, 11) is 1.46. The maximum absolute atomic E-state index is 13.7. The molecule has 0 aromatic heterocycles. The summed E-state index contributed by atoms with van der Waals surface area (Å²) in [5, 5.41) is 17.0. The monoisotopic (exact) mass is 600 g/mol. The number of nitro benzene ring substituents is 1.